The molecule has 0 aliphatic heterocycles. The first-order valence-corrected chi connectivity index (χ1v) is 11.4. The van der Waals surface area contributed by atoms with Gasteiger partial charge >= 0.3 is 5.97 Å². The molecule has 1 aromatic carbocycles. The minimum atomic E-state index is -1.12. The van der Waals surface area contributed by atoms with Gasteiger partial charge in [0.2, 0.25) is 0 Å². The number of hydrogen-bond acceptors (Lipinski definition) is 3. The van der Waals surface area contributed by atoms with E-state index in [4.69, 9.17) is 9.84 Å². The molecule has 0 aromatic heterocycles. The molecule has 0 spiro atoms. The van der Waals surface area contributed by atoms with E-state index in [0.29, 0.717) is 17.9 Å². The standard InChI is InChI=1S/C22H35BrO4/c1-18-16-19(17-20(24)21(18)22(25)26)27-15-13-11-9-7-5-3-2-4-6-8-10-12-14-23/h16-17,24H,2-15H2,1H3,(H,25,26). The molecule has 0 aliphatic rings. The average molecular weight is 443 g/mol. The van der Waals surface area contributed by atoms with Crippen molar-refractivity contribution < 1.29 is 19.7 Å². The van der Waals surface area contributed by atoms with Crippen molar-refractivity contribution in [1.29, 1.82) is 0 Å². The molecule has 0 amide bonds. The summed E-state index contributed by atoms with van der Waals surface area (Å²) in [6.07, 6.45) is 15.5. The summed E-state index contributed by atoms with van der Waals surface area (Å²) in [5, 5.41) is 20.0. The van der Waals surface area contributed by atoms with Crippen LogP contribution >= 0.6 is 15.9 Å². The number of carbonyl (C=O) groups is 1. The van der Waals surface area contributed by atoms with E-state index in [0.717, 1.165) is 18.2 Å². The average Bonchev–Trinajstić information content (AvgIpc) is 2.61. The fourth-order valence-electron chi connectivity index (χ4n) is 3.25. The van der Waals surface area contributed by atoms with Crippen LogP contribution in [0.4, 0.5) is 0 Å². The van der Waals surface area contributed by atoms with Crippen molar-refractivity contribution in [2.75, 3.05) is 11.9 Å². The summed E-state index contributed by atoms with van der Waals surface area (Å²) in [5.41, 5.74) is 0.460. The zero-order chi connectivity index (χ0) is 19.9. The van der Waals surface area contributed by atoms with Crippen LogP contribution < -0.4 is 4.74 Å². The van der Waals surface area contributed by atoms with Gasteiger partial charge < -0.3 is 14.9 Å². The van der Waals surface area contributed by atoms with Crippen LogP contribution in [0, 0.1) is 6.92 Å². The van der Waals surface area contributed by atoms with Crippen molar-refractivity contribution >= 4 is 21.9 Å². The van der Waals surface area contributed by atoms with Gasteiger partial charge in [-0.15, -0.1) is 0 Å². The summed E-state index contributed by atoms with van der Waals surface area (Å²) >= 11 is 3.47. The molecule has 1 rings (SSSR count). The van der Waals surface area contributed by atoms with Crippen LogP contribution in [0.25, 0.3) is 0 Å². The SMILES string of the molecule is Cc1cc(OCCCCCCCCCCCCCCBr)cc(O)c1C(=O)O. The number of aromatic hydroxyl groups is 1. The van der Waals surface area contributed by atoms with Crippen LogP contribution in [0.3, 0.4) is 0 Å². The van der Waals surface area contributed by atoms with Crippen molar-refractivity contribution in [3.8, 4) is 11.5 Å². The lowest BCUT2D eigenvalue weighted by Crippen LogP contribution is -2.02. The second kappa shape index (κ2) is 14.8. The number of aryl methyl sites for hydroxylation is 1. The molecule has 154 valence electrons. The molecule has 0 radical (unpaired) electrons. The highest BCUT2D eigenvalue weighted by atomic mass is 79.9. The number of unbranched alkanes of at least 4 members (excludes halogenated alkanes) is 11. The molecule has 0 saturated heterocycles. The molecule has 4 nitrogen and oxygen atoms in total. The lowest BCUT2D eigenvalue weighted by atomic mass is 10.1. The van der Waals surface area contributed by atoms with E-state index < -0.39 is 5.97 Å². The summed E-state index contributed by atoms with van der Waals surface area (Å²) < 4.78 is 5.65. The van der Waals surface area contributed by atoms with E-state index in [2.05, 4.69) is 15.9 Å². The Labute approximate surface area is 172 Å². The van der Waals surface area contributed by atoms with Crippen molar-refractivity contribution in [2.45, 2.75) is 84.0 Å². The number of alkyl halides is 1. The summed E-state index contributed by atoms with van der Waals surface area (Å²) in [6, 6.07) is 3.06. The lowest BCUT2D eigenvalue weighted by Gasteiger charge is -2.10. The van der Waals surface area contributed by atoms with Crippen LogP contribution in [-0.4, -0.2) is 28.1 Å². The van der Waals surface area contributed by atoms with Gasteiger partial charge in [0, 0.05) is 11.4 Å². The highest BCUT2D eigenvalue weighted by Gasteiger charge is 2.14. The summed E-state index contributed by atoms with van der Waals surface area (Å²) in [4.78, 5) is 11.0. The molecule has 0 saturated carbocycles. The monoisotopic (exact) mass is 442 g/mol. The third-order valence-corrected chi connectivity index (χ3v) is 5.36. The molecule has 0 atom stereocenters. The number of hydrogen-bond donors (Lipinski definition) is 2. The number of rotatable bonds is 16. The zero-order valence-electron chi connectivity index (χ0n) is 16.6. The van der Waals surface area contributed by atoms with E-state index in [9.17, 15) is 9.90 Å². The first kappa shape index (κ1) is 23.8. The van der Waals surface area contributed by atoms with Crippen LogP contribution in [0.5, 0.6) is 11.5 Å². The van der Waals surface area contributed by atoms with Gasteiger partial charge in [0.05, 0.1) is 6.61 Å². The van der Waals surface area contributed by atoms with E-state index in [1.807, 2.05) is 0 Å². The Morgan fingerprint density at radius 3 is 1.81 bits per heavy atom. The van der Waals surface area contributed by atoms with Crippen molar-refractivity contribution in [2.24, 2.45) is 0 Å². The van der Waals surface area contributed by atoms with Gasteiger partial charge in [-0.25, -0.2) is 4.79 Å². The molecule has 0 bridgehead atoms. The van der Waals surface area contributed by atoms with Gasteiger partial charge in [-0.2, -0.15) is 0 Å². The first-order chi connectivity index (χ1) is 13.1. The summed E-state index contributed by atoms with van der Waals surface area (Å²) in [5.74, 6) is -0.821. The van der Waals surface area contributed by atoms with Crippen molar-refractivity contribution in [3.05, 3.63) is 23.3 Å². The fraction of sp³-hybridized carbons (Fsp3) is 0.682. The second-order valence-corrected chi connectivity index (χ2v) is 8.01. The molecular formula is C22H35BrO4. The molecular weight excluding hydrogens is 408 g/mol. The summed E-state index contributed by atoms with van der Waals surface area (Å²) in [7, 11) is 0. The number of benzene rings is 1. The van der Waals surface area contributed by atoms with Gasteiger partial charge in [-0.3, -0.25) is 0 Å². The quantitative estimate of drug-likeness (QED) is 0.217. The fourth-order valence-corrected chi connectivity index (χ4v) is 3.65. The largest absolute Gasteiger partial charge is 0.507 e. The van der Waals surface area contributed by atoms with Crippen molar-refractivity contribution in [1.82, 2.24) is 0 Å². The van der Waals surface area contributed by atoms with Gasteiger partial charge in [0.25, 0.3) is 0 Å². The number of ether oxygens (including phenoxy) is 1. The molecule has 27 heavy (non-hydrogen) atoms. The molecule has 0 aliphatic carbocycles. The van der Waals surface area contributed by atoms with E-state index in [1.165, 1.54) is 70.3 Å². The maximum absolute atomic E-state index is 11.0. The van der Waals surface area contributed by atoms with Crippen LogP contribution in [0.15, 0.2) is 12.1 Å². The third-order valence-electron chi connectivity index (χ3n) is 4.80. The van der Waals surface area contributed by atoms with E-state index >= 15 is 0 Å². The Bertz CT molecular complexity index is 522. The van der Waals surface area contributed by atoms with Gasteiger partial charge in [0.15, 0.2) is 0 Å². The Morgan fingerprint density at radius 1 is 0.889 bits per heavy atom. The summed E-state index contributed by atoms with van der Waals surface area (Å²) in [6.45, 7) is 2.26. The number of phenols is 1. The smallest absolute Gasteiger partial charge is 0.339 e. The number of carboxylic acids is 1. The van der Waals surface area contributed by atoms with Crippen molar-refractivity contribution in [3.63, 3.8) is 0 Å². The Hall–Kier alpha value is -1.23. The highest BCUT2D eigenvalue weighted by molar-refractivity contribution is 9.09. The minimum absolute atomic E-state index is 0.0544. The molecule has 1 aromatic rings. The molecule has 0 heterocycles. The van der Waals surface area contributed by atoms with Crippen LogP contribution in [0.2, 0.25) is 0 Å². The van der Waals surface area contributed by atoms with Gasteiger partial charge in [-0.05, 0) is 31.4 Å². The number of halogens is 1. The van der Waals surface area contributed by atoms with Gasteiger partial charge in [-0.1, -0.05) is 80.1 Å². The molecule has 2 N–H and O–H groups in total. The first-order valence-electron chi connectivity index (χ1n) is 10.3. The zero-order valence-corrected chi connectivity index (χ0v) is 18.2. The van der Waals surface area contributed by atoms with Crippen LogP contribution in [0.1, 0.15) is 93.0 Å². The number of aromatic carboxylic acids is 1. The Balaban J connectivity index is 2.00. The maximum atomic E-state index is 11.0. The normalized spacial score (nSPS) is 10.9. The third kappa shape index (κ3) is 10.6. The second-order valence-electron chi connectivity index (χ2n) is 7.22. The Kier molecular flexibility index (Phi) is 13.0. The minimum Gasteiger partial charge on any atom is -0.507 e. The molecule has 5 heteroatoms. The number of carboxylic acid groups (broad SMARTS) is 1. The topological polar surface area (TPSA) is 66.8 Å². The Morgan fingerprint density at radius 2 is 1.37 bits per heavy atom. The molecule has 0 unspecified atom stereocenters. The van der Waals surface area contributed by atoms with Crippen LogP contribution in [-0.2, 0) is 0 Å². The van der Waals surface area contributed by atoms with E-state index in [1.54, 1.807) is 13.0 Å². The predicted molar refractivity (Wildman–Crippen MR) is 114 cm³/mol. The highest BCUT2D eigenvalue weighted by Crippen LogP contribution is 2.27. The van der Waals surface area contributed by atoms with Gasteiger partial charge in [0.1, 0.15) is 17.1 Å². The van der Waals surface area contributed by atoms with E-state index in [-0.39, 0.29) is 11.3 Å². The predicted octanol–water partition coefficient (Wildman–Crippen LogP) is 6.85. The molecule has 0 fully saturated rings. The maximum Gasteiger partial charge on any atom is 0.339 e. The lowest BCUT2D eigenvalue weighted by molar-refractivity contribution is 0.0693.